The summed E-state index contributed by atoms with van der Waals surface area (Å²) in [6.45, 7) is 11.3. The first kappa shape index (κ1) is 24.1. The van der Waals surface area contributed by atoms with Gasteiger partial charge in [-0.1, -0.05) is 34.6 Å². The second kappa shape index (κ2) is 9.69. The van der Waals surface area contributed by atoms with E-state index in [4.69, 9.17) is 4.55 Å². The van der Waals surface area contributed by atoms with Gasteiger partial charge < -0.3 is 9.80 Å². The lowest BCUT2D eigenvalue weighted by molar-refractivity contribution is -0.839. The maximum atomic E-state index is 12.5. The smallest absolute Gasteiger partial charge is 0.264 e. The molecular formula is C18H37N2O4S+. The van der Waals surface area contributed by atoms with Crippen LogP contribution in [0.15, 0.2) is 12.4 Å². The van der Waals surface area contributed by atoms with Gasteiger partial charge >= 0.3 is 0 Å². The topological polar surface area (TPSA) is 83.5 Å². The summed E-state index contributed by atoms with van der Waals surface area (Å²) >= 11 is 0. The van der Waals surface area contributed by atoms with Crippen LogP contribution >= 0.6 is 0 Å². The summed E-state index contributed by atoms with van der Waals surface area (Å²) in [5.41, 5.74) is 0.0956. The number of unbranched alkanes of at least 4 members (excludes halogenated alkanes) is 1. The highest BCUT2D eigenvalue weighted by Crippen LogP contribution is 2.28. The monoisotopic (exact) mass is 377 g/mol. The summed E-state index contributed by atoms with van der Waals surface area (Å²) < 4.78 is 30.7. The van der Waals surface area contributed by atoms with Gasteiger partial charge in [0.2, 0.25) is 5.91 Å². The first-order valence-corrected chi connectivity index (χ1v) is 10.5. The summed E-state index contributed by atoms with van der Waals surface area (Å²) in [6, 6.07) is 0. The average Bonchev–Trinajstić information content (AvgIpc) is 2.38. The minimum atomic E-state index is -3.88. The highest BCUT2D eigenvalue weighted by atomic mass is 32.2. The summed E-state index contributed by atoms with van der Waals surface area (Å²) in [7, 11) is 0.0699. The van der Waals surface area contributed by atoms with E-state index in [0.717, 1.165) is 13.0 Å². The summed E-state index contributed by atoms with van der Waals surface area (Å²) in [4.78, 5) is 12.5. The zero-order valence-electron chi connectivity index (χ0n) is 16.9. The Morgan fingerprint density at radius 3 is 2.20 bits per heavy atom. The normalized spacial score (nSPS) is 14.9. The van der Waals surface area contributed by atoms with E-state index in [2.05, 4.69) is 39.9 Å². The highest BCUT2D eigenvalue weighted by Gasteiger charge is 2.27. The summed E-state index contributed by atoms with van der Waals surface area (Å²) in [5.74, 6) is 0.0641. The van der Waals surface area contributed by atoms with Crippen LogP contribution in [-0.2, 0) is 14.9 Å². The van der Waals surface area contributed by atoms with E-state index >= 15 is 0 Å². The fourth-order valence-corrected chi connectivity index (χ4v) is 3.17. The van der Waals surface area contributed by atoms with E-state index in [9.17, 15) is 13.2 Å². The van der Waals surface area contributed by atoms with Gasteiger partial charge in [0.25, 0.3) is 10.1 Å². The molecule has 0 radical (unpaired) electrons. The Labute approximate surface area is 154 Å². The van der Waals surface area contributed by atoms with Crippen molar-refractivity contribution in [2.45, 2.75) is 53.9 Å². The second-order valence-corrected chi connectivity index (χ2v) is 10.5. The van der Waals surface area contributed by atoms with Crippen molar-refractivity contribution in [1.82, 2.24) is 5.32 Å². The predicted molar refractivity (Wildman–Crippen MR) is 102 cm³/mol. The molecule has 0 aromatic carbocycles. The molecule has 0 heterocycles. The summed E-state index contributed by atoms with van der Waals surface area (Å²) in [5, 5.41) is 2.89. The number of hydrogen-bond donors (Lipinski definition) is 2. The lowest BCUT2D eigenvalue weighted by Gasteiger charge is -2.28. The first-order chi connectivity index (χ1) is 11.1. The first-order valence-electron chi connectivity index (χ1n) is 8.89. The molecule has 1 unspecified atom stereocenters. The molecule has 0 aliphatic heterocycles. The third-order valence-corrected chi connectivity index (χ3v) is 4.87. The van der Waals surface area contributed by atoms with Gasteiger partial charge in [-0.05, 0) is 30.6 Å². The van der Waals surface area contributed by atoms with Crippen LogP contribution in [0.25, 0.3) is 0 Å². The Bertz CT molecular complexity index is 546. The van der Waals surface area contributed by atoms with Crippen molar-refractivity contribution in [2.24, 2.45) is 17.3 Å². The molecule has 148 valence electrons. The number of amides is 1. The van der Waals surface area contributed by atoms with Crippen molar-refractivity contribution in [1.29, 1.82) is 0 Å². The van der Waals surface area contributed by atoms with E-state index in [1.807, 2.05) is 20.3 Å². The quantitative estimate of drug-likeness (QED) is 0.348. The van der Waals surface area contributed by atoms with Crippen molar-refractivity contribution in [3.63, 3.8) is 0 Å². The van der Waals surface area contributed by atoms with Gasteiger partial charge in [0.1, 0.15) is 6.20 Å². The van der Waals surface area contributed by atoms with Crippen molar-refractivity contribution >= 4 is 16.0 Å². The minimum Gasteiger partial charge on any atom is -0.327 e. The molecule has 6 nitrogen and oxygen atoms in total. The van der Waals surface area contributed by atoms with E-state index in [1.54, 1.807) is 6.20 Å². The zero-order valence-corrected chi connectivity index (χ0v) is 17.7. The van der Waals surface area contributed by atoms with Gasteiger partial charge in [-0.3, -0.25) is 9.35 Å². The molecule has 0 aromatic rings. The van der Waals surface area contributed by atoms with Crippen LogP contribution in [-0.4, -0.2) is 49.8 Å². The zero-order chi connectivity index (χ0) is 19.9. The largest absolute Gasteiger partial charge is 0.327 e. The van der Waals surface area contributed by atoms with Crippen molar-refractivity contribution < 1.29 is 22.2 Å². The second-order valence-electron chi connectivity index (χ2n) is 8.94. The third-order valence-electron chi connectivity index (χ3n) is 4.06. The molecule has 0 saturated heterocycles. The molecule has 0 aromatic heterocycles. The SMILES string of the molecule is CC(C)C(CC(C)(C)C)C(=O)NC=C[N+](C)(C)CCCCS(=O)(=O)O. The molecule has 0 saturated carbocycles. The van der Waals surface area contributed by atoms with Crippen molar-refractivity contribution in [2.75, 3.05) is 26.4 Å². The van der Waals surface area contributed by atoms with Gasteiger partial charge in [0, 0.05) is 5.92 Å². The Balaban J connectivity index is 4.52. The van der Waals surface area contributed by atoms with Gasteiger partial charge in [-0.2, -0.15) is 8.42 Å². The number of rotatable bonds is 10. The van der Waals surface area contributed by atoms with Crippen molar-refractivity contribution in [3.8, 4) is 0 Å². The molecule has 1 amide bonds. The molecule has 25 heavy (non-hydrogen) atoms. The number of carbonyl (C=O) groups is 1. The van der Waals surface area contributed by atoms with E-state index in [0.29, 0.717) is 17.3 Å². The molecule has 2 N–H and O–H groups in total. The van der Waals surface area contributed by atoms with Gasteiger partial charge in [0.15, 0.2) is 0 Å². The van der Waals surface area contributed by atoms with Crippen LogP contribution in [0.4, 0.5) is 0 Å². The van der Waals surface area contributed by atoms with Crippen LogP contribution in [0.1, 0.15) is 53.9 Å². The average molecular weight is 378 g/mol. The van der Waals surface area contributed by atoms with Crippen LogP contribution in [0, 0.1) is 17.3 Å². The molecule has 0 fully saturated rings. The minimum absolute atomic E-state index is 0.0324. The standard InChI is InChI=1S/C18H36N2O4S/c1-15(2)16(14-18(3,4)5)17(21)19-10-12-20(6,7)11-8-9-13-25(22,23)24/h10,12,15-16H,8-9,11,13-14H2,1-7H3,(H-,19,21,22,23,24)/p+1. The molecule has 1 atom stereocenters. The number of quaternary nitrogens is 1. The number of nitrogens with one attached hydrogen (secondary N) is 1. The van der Waals surface area contributed by atoms with E-state index in [-0.39, 0.29) is 28.9 Å². The van der Waals surface area contributed by atoms with Gasteiger partial charge in [-0.15, -0.1) is 0 Å². The lowest BCUT2D eigenvalue weighted by atomic mass is 9.79. The Morgan fingerprint density at radius 1 is 1.20 bits per heavy atom. The van der Waals surface area contributed by atoms with E-state index in [1.165, 1.54) is 0 Å². The summed E-state index contributed by atoms with van der Waals surface area (Å²) in [6.07, 6.45) is 5.49. The highest BCUT2D eigenvalue weighted by molar-refractivity contribution is 7.85. The fourth-order valence-electron chi connectivity index (χ4n) is 2.60. The number of nitrogens with zero attached hydrogens (tertiary/aromatic N) is 1. The van der Waals surface area contributed by atoms with Crippen LogP contribution in [0.2, 0.25) is 0 Å². The van der Waals surface area contributed by atoms with Crippen LogP contribution < -0.4 is 5.32 Å². The van der Waals surface area contributed by atoms with Crippen molar-refractivity contribution in [3.05, 3.63) is 12.4 Å². The molecule has 0 aliphatic rings. The third kappa shape index (κ3) is 13.0. The van der Waals surface area contributed by atoms with Gasteiger partial charge in [-0.25, -0.2) is 0 Å². The molecule has 0 spiro atoms. The number of hydrogen-bond acceptors (Lipinski definition) is 3. The van der Waals surface area contributed by atoms with E-state index < -0.39 is 10.1 Å². The Morgan fingerprint density at radius 2 is 1.76 bits per heavy atom. The fraction of sp³-hybridized carbons (Fsp3) is 0.833. The van der Waals surface area contributed by atoms with Crippen LogP contribution in [0.3, 0.4) is 0 Å². The molecule has 0 bridgehead atoms. The molecule has 7 heteroatoms. The molecular weight excluding hydrogens is 340 g/mol. The van der Waals surface area contributed by atoms with Crippen LogP contribution in [0.5, 0.6) is 0 Å². The maximum absolute atomic E-state index is 12.5. The maximum Gasteiger partial charge on any atom is 0.264 e. The Kier molecular flexibility index (Phi) is 9.33. The lowest BCUT2D eigenvalue weighted by Crippen LogP contribution is -2.37. The number of carbonyl (C=O) groups excluding carboxylic acids is 1. The Hall–Kier alpha value is -0.920. The molecule has 0 aliphatic carbocycles. The molecule has 0 rings (SSSR count). The predicted octanol–water partition coefficient (Wildman–Crippen LogP) is 3.03. The van der Waals surface area contributed by atoms with Gasteiger partial charge in [0.05, 0.1) is 32.6 Å².